The molecule has 0 saturated heterocycles. The van der Waals surface area contributed by atoms with Crippen LogP contribution in [0.25, 0.3) is 0 Å². The van der Waals surface area contributed by atoms with Crippen molar-refractivity contribution in [2.45, 2.75) is 25.7 Å². The highest BCUT2D eigenvalue weighted by atomic mass is 19.1. The van der Waals surface area contributed by atoms with Crippen LogP contribution in [0.15, 0.2) is 48.5 Å². The Morgan fingerprint density at radius 1 is 1.09 bits per heavy atom. The molecule has 0 spiro atoms. The second-order valence-corrected chi connectivity index (χ2v) is 5.66. The Kier molecular flexibility index (Phi) is 4.29. The number of ether oxygens (including phenoxy) is 2. The van der Waals surface area contributed by atoms with E-state index < -0.39 is 6.17 Å². The zero-order valence-corrected chi connectivity index (χ0v) is 12.8. The number of halogens is 1. The summed E-state index contributed by atoms with van der Waals surface area (Å²) < 4.78 is 25.4. The number of alkyl halides is 1. The molecular formula is C18H20FNO2. The minimum Gasteiger partial charge on any atom is -0.454 e. The lowest BCUT2D eigenvalue weighted by atomic mass is 10.0. The molecule has 0 unspecified atom stereocenters. The molecule has 3 nitrogen and oxygen atoms in total. The van der Waals surface area contributed by atoms with Crippen molar-refractivity contribution in [2.75, 3.05) is 13.8 Å². The van der Waals surface area contributed by atoms with Crippen molar-refractivity contribution in [2.24, 2.45) is 0 Å². The summed E-state index contributed by atoms with van der Waals surface area (Å²) in [6, 6.07) is 15.1. The molecule has 22 heavy (non-hydrogen) atoms. The van der Waals surface area contributed by atoms with Crippen LogP contribution in [0.2, 0.25) is 0 Å². The average molecular weight is 301 g/mol. The fourth-order valence-electron chi connectivity index (χ4n) is 2.60. The predicted octanol–water partition coefficient (Wildman–Crippen LogP) is 3.95. The van der Waals surface area contributed by atoms with Gasteiger partial charge in [0.25, 0.3) is 0 Å². The van der Waals surface area contributed by atoms with Crippen molar-refractivity contribution in [1.29, 1.82) is 0 Å². The molecule has 3 rings (SSSR count). The molecule has 0 amide bonds. The van der Waals surface area contributed by atoms with Gasteiger partial charge in [0.2, 0.25) is 6.79 Å². The van der Waals surface area contributed by atoms with Gasteiger partial charge in [0.15, 0.2) is 11.5 Å². The first kappa shape index (κ1) is 14.9. The first-order chi connectivity index (χ1) is 10.6. The molecular weight excluding hydrogens is 281 g/mol. The van der Waals surface area contributed by atoms with Crippen molar-refractivity contribution in [3.63, 3.8) is 0 Å². The van der Waals surface area contributed by atoms with E-state index in [0.717, 1.165) is 0 Å². The fourth-order valence-corrected chi connectivity index (χ4v) is 2.60. The number of benzene rings is 2. The Morgan fingerprint density at radius 3 is 2.59 bits per heavy atom. The van der Waals surface area contributed by atoms with Crippen LogP contribution in [0.4, 0.5) is 4.39 Å². The maximum absolute atomic E-state index is 14.8. The zero-order valence-electron chi connectivity index (χ0n) is 12.8. The minimum atomic E-state index is -1.08. The van der Waals surface area contributed by atoms with Crippen LogP contribution in [0.5, 0.6) is 11.5 Å². The molecule has 0 radical (unpaired) electrons. The van der Waals surface area contributed by atoms with E-state index in [1.807, 2.05) is 37.1 Å². The van der Waals surface area contributed by atoms with Gasteiger partial charge in [-0.15, -0.1) is 0 Å². The Bertz CT molecular complexity index is 632. The Hall–Kier alpha value is -2.07. The fraction of sp³-hybridized carbons (Fsp3) is 0.333. The van der Waals surface area contributed by atoms with Crippen LogP contribution in [0, 0.1) is 0 Å². The van der Waals surface area contributed by atoms with E-state index in [0.29, 0.717) is 23.6 Å². The maximum atomic E-state index is 14.8. The Balaban J connectivity index is 1.69. The van der Waals surface area contributed by atoms with E-state index >= 15 is 0 Å². The van der Waals surface area contributed by atoms with Gasteiger partial charge < -0.3 is 9.47 Å². The highest BCUT2D eigenvalue weighted by Gasteiger charge is 2.24. The standard InChI is InChI=1S/C18H20FNO2/c1-13(20(2)11-14-6-4-3-5-7-14)18(19)15-8-9-16-17(10-15)22-12-21-16/h3-10,13,18H,11-12H2,1-2H3/t13-,18+/m0/s1. The number of hydrogen-bond acceptors (Lipinski definition) is 3. The van der Waals surface area contributed by atoms with Gasteiger partial charge in [0.05, 0.1) is 0 Å². The molecule has 0 N–H and O–H groups in total. The van der Waals surface area contributed by atoms with Crippen LogP contribution >= 0.6 is 0 Å². The number of fused-ring (bicyclic) bond motifs is 1. The third kappa shape index (κ3) is 3.07. The van der Waals surface area contributed by atoms with Crippen LogP contribution in [-0.2, 0) is 6.54 Å². The topological polar surface area (TPSA) is 21.7 Å². The maximum Gasteiger partial charge on any atom is 0.231 e. The molecule has 2 aromatic rings. The summed E-state index contributed by atoms with van der Waals surface area (Å²) in [7, 11) is 1.94. The molecule has 0 fully saturated rings. The lowest BCUT2D eigenvalue weighted by Crippen LogP contribution is -2.32. The van der Waals surface area contributed by atoms with Gasteiger partial charge in [-0.05, 0) is 37.2 Å². The SMILES string of the molecule is C[C@@H]([C@@H](F)c1ccc2c(c1)OCO2)N(C)Cc1ccccc1. The van der Waals surface area contributed by atoms with E-state index in [1.54, 1.807) is 18.2 Å². The van der Waals surface area contributed by atoms with Gasteiger partial charge in [-0.1, -0.05) is 36.4 Å². The van der Waals surface area contributed by atoms with Gasteiger partial charge in [-0.3, -0.25) is 4.90 Å². The number of nitrogens with zero attached hydrogens (tertiary/aromatic N) is 1. The smallest absolute Gasteiger partial charge is 0.231 e. The Labute approximate surface area is 130 Å². The third-order valence-corrected chi connectivity index (χ3v) is 4.11. The van der Waals surface area contributed by atoms with Gasteiger partial charge in [0, 0.05) is 12.6 Å². The summed E-state index contributed by atoms with van der Waals surface area (Å²) in [6.45, 7) is 2.82. The van der Waals surface area contributed by atoms with Crippen LogP contribution in [-0.4, -0.2) is 24.8 Å². The second kappa shape index (κ2) is 6.36. The lowest BCUT2D eigenvalue weighted by molar-refractivity contribution is 0.142. The Morgan fingerprint density at radius 2 is 1.82 bits per heavy atom. The highest BCUT2D eigenvalue weighted by molar-refractivity contribution is 5.45. The van der Waals surface area contributed by atoms with Crippen molar-refractivity contribution in [3.8, 4) is 11.5 Å². The van der Waals surface area contributed by atoms with Crippen LogP contribution in [0.1, 0.15) is 24.2 Å². The van der Waals surface area contributed by atoms with Crippen LogP contribution < -0.4 is 9.47 Å². The molecule has 0 aliphatic carbocycles. The number of likely N-dealkylation sites (N-methyl/N-ethyl adjacent to an activating group) is 1. The van der Waals surface area contributed by atoms with Gasteiger partial charge in [-0.25, -0.2) is 4.39 Å². The molecule has 4 heteroatoms. The summed E-state index contributed by atoms with van der Waals surface area (Å²) in [5.74, 6) is 1.30. The lowest BCUT2D eigenvalue weighted by Gasteiger charge is -2.28. The molecule has 1 aliphatic rings. The second-order valence-electron chi connectivity index (χ2n) is 5.66. The predicted molar refractivity (Wildman–Crippen MR) is 83.8 cm³/mol. The van der Waals surface area contributed by atoms with Gasteiger partial charge in [0.1, 0.15) is 6.17 Å². The molecule has 1 aliphatic heterocycles. The van der Waals surface area contributed by atoms with Crippen molar-refractivity contribution in [1.82, 2.24) is 4.90 Å². The molecule has 2 atom stereocenters. The first-order valence-electron chi connectivity index (χ1n) is 7.43. The van der Waals surface area contributed by atoms with E-state index in [9.17, 15) is 4.39 Å². The molecule has 0 bridgehead atoms. The highest BCUT2D eigenvalue weighted by Crippen LogP contribution is 2.36. The van der Waals surface area contributed by atoms with E-state index in [2.05, 4.69) is 12.1 Å². The van der Waals surface area contributed by atoms with Crippen molar-refractivity contribution in [3.05, 3.63) is 59.7 Å². The monoisotopic (exact) mass is 301 g/mol. The quantitative estimate of drug-likeness (QED) is 0.835. The molecule has 116 valence electrons. The normalized spacial score (nSPS) is 15.8. The molecule has 0 aromatic heterocycles. The summed E-state index contributed by atoms with van der Waals surface area (Å²) in [4.78, 5) is 2.02. The summed E-state index contributed by atoms with van der Waals surface area (Å²) in [5.41, 5.74) is 1.80. The molecule has 0 saturated carbocycles. The van der Waals surface area contributed by atoms with Gasteiger partial charge >= 0.3 is 0 Å². The number of hydrogen-bond donors (Lipinski definition) is 0. The van der Waals surface area contributed by atoms with Crippen molar-refractivity contribution < 1.29 is 13.9 Å². The summed E-state index contributed by atoms with van der Waals surface area (Å²) in [5, 5.41) is 0. The van der Waals surface area contributed by atoms with E-state index in [1.165, 1.54) is 5.56 Å². The minimum absolute atomic E-state index is 0.208. The van der Waals surface area contributed by atoms with Crippen LogP contribution in [0.3, 0.4) is 0 Å². The zero-order chi connectivity index (χ0) is 15.5. The van der Waals surface area contributed by atoms with Crippen molar-refractivity contribution >= 4 is 0 Å². The molecule has 2 aromatic carbocycles. The largest absolute Gasteiger partial charge is 0.454 e. The molecule has 1 heterocycles. The first-order valence-corrected chi connectivity index (χ1v) is 7.43. The van der Waals surface area contributed by atoms with E-state index in [4.69, 9.17) is 9.47 Å². The third-order valence-electron chi connectivity index (χ3n) is 4.11. The van der Waals surface area contributed by atoms with Gasteiger partial charge in [-0.2, -0.15) is 0 Å². The summed E-state index contributed by atoms with van der Waals surface area (Å²) >= 11 is 0. The average Bonchev–Trinajstić information content (AvgIpc) is 3.02. The van der Waals surface area contributed by atoms with E-state index in [-0.39, 0.29) is 12.8 Å². The number of rotatable bonds is 5. The summed E-state index contributed by atoms with van der Waals surface area (Å²) in [6.07, 6.45) is -1.08.